The SMILES string of the molecule is Cc1c(COc2cc(OCc3cccc(C#N)c3)c(CN3CCCC[C@H]3C)c3c2CCC3)cccc1-c1ccccc1. The molecule has 0 amide bonds. The van der Waals surface area contributed by atoms with E-state index >= 15 is 0 Å². The fraction of sp³-hybridized carbons (Fsp3) is 0.342. The summed E-state index contributed by atoms with van der Waals surface area (Å²) in [7, 11) is 0. The Hall–Kier alpha value is -4.07. The van der Waals surface area contributed by atoms with Crippen molar-refractivity contribution in [2.45, 2.75) is 78.2 Å². The molecule has 0 aromatic heterocycles. The Labute approximate surface area is 250 Å². The quantitative estimate of drug-likeness (QED) is 0.207. The normalized spacial score (nSPS) is 16.5. The Balaban J connectivity index is 1.31. The zero-order chi connectivity index (χ0) is 28.9. The van der Waals surface area contributed by atoms with Crippen molar-refractivity contribution in [3.63, 3.8) is 0 Å². The van der Waals surface area contributed by atoms with Crippen molar-refractivity contribution >= 4 is 0 Å². The van der Waals surface area contributed by atoms with Gasteiger partial charge in [0.2, 0.25) is 0 Å². The highest BCUT2D eigenvalue weighted by Gasteiger charge is 2.27. The van der Waals surface area contributed by atoms with Crippen LogP contribution in [0.4, 0.5) is 0 Å². The number of rotatable bonds is 9. The molecule has 0 unspecified atom stereocenters. The Kier molecular flexibility index (Phi) is 8.58. The molecule has 0 spiro atoms. The smallest absolute Gasteiger partial charge is 0.128 e. The van der Waals surface area contributed by atoms with E-state index in [2.05, 4.69) is 79.4 Å². The van der Waals surface area contributed by atoms with Crippen LogP contribution in [0.5, 0.6) is 11.5 Å². The van der Waals surface area contributed by atoms with Crippen LogP contribution >= 0.6 is 0 Å². The Morgan fingerprint density at radius 3 is 2.48 bits per heavy atom. The van der Waals surface area contributed by atoms with Gasteiger partial charge < -0.3 is 9.47 Å². The van der Waals surface area contributed by atoms with Gasteiger partial charge in [0.1, 0.15) is 24.7 Å². The second-order valence-corrected chi connectivity index (χ2v) is 11.8. The zero-order valence-corrected chi connectivity index (χ0v) is 24.9. The van der Waals surface area contributed by atoms with E-state index in [1.54, 1.807) is 0 Å². The highest BCUT2D eigenvalue weighted by molar-refractivity contribution is 5.68. The summed E-state index contributed by atoms with van der Waals surface area (Å²) in [6.45, 7) is 7.54. The summed E-state index contributed by atoms with van der Waals surface area (Å²) in [6, 6.07) is 29.7. The van der Waals surface area contributed by atoms with E-state index in [0.29, 0.717) is 24.8 Å². The molecule has 1 atom stereocenters. The third-order valence-electron chi connectivity index (χ3n) is 9.11. The number of nitriles is 1. The lowest BCUT2D eigenvalue weighted by Gasteiger charge is -2.34. The van der Waals surface area contributed by atoms with Crippen LogP contribution in [0.25, 0.3) is 11.1 Å². The molecule has 4 aromatic carbocycles. The standard InChI is InChI=1S/C38H40N2O2/c1-27-11-6-7-20-40(27)24-36-34-18-10-19-35(34)37(22-38(36)41-25-30-13-8-12-29(21-30)23-39)42-26-32-16-9-17-33(28(32)2)31-14-4-3-5-15-31/h3-5,8-9,12-17,21-22,27H,6-7,10-11,18-20,24-26H2,1-2H3/t27-/m1/s1. The largest absolute Gasteiger partial charge is 0.488 e. The lowest BCUT2D eigenvalue weighted by molar-refractivity contribution is 0.149. The predicted molar refractivity (Wildman–Crippen MR) is 169 cm³/mol. The van der Waals surface area contributed by atoms with Crippen LogP contribution in [-0.2, 0) is 32.6 Å². The van der Waals surface area contributed by atoms with Crippen LogP contribution in [0, 0.1) is 18.3 Å². The predicted octanol–water partition coefficient (Wildman–Crippen LogP) is 8.55. The molecular weight excluding hydrogens is 516 g/mol. The van der Waals surface area contributed by atoms with Gasteiger partial charge in [-0.15, -0.1) is 0 Å². The molecule has 1 fully saturated rings. The van der Waals surface area contributed by atoms with Gasteiger partial charge in [-0.3, -0.25) is 4.90 Å². The van der Waals surface area contributed by atoms with Gasteiger partial charge >= 0.3 is 0 Å². The fourth-order valence-electron chi connectivity index (χ4n) is 6.63. The average molecular weight is 557 g/mol. The first-order valence-corrected chi connectivity index (χ1v) is 15.4. The molecule has 1 saturated heterocycles. The number of ether oxygens (including phenoxy) is 2. The van der Waals surface area contributed by atoms with E-state index in [0.717, 1.165) is 49.4 Å². The Morgan fingerprint density at radius 2 is 1.64 bits per heavy atom. The van der Waals surface area contributed by atoms with Crippen molar-refractivity contribution in [3.8, 4) is 28.7 Å². The van der Waals surface area contributed by atoms with E-state index in [-0.39, 0.29) is 0 Å². The van der Waals surface area contributed by atoms with Crippen LogP contribution in [0.2, 0.25) is 0 Å². The fourth-order valence-corrected chi connectivity index (χ4v) is 6.63. The summed E-state index contributed by atoms with van der Waals surface area (Å²) in [5, 5.41) is 9.38. The van der Waals surface area contributed by atoms with Gasteiger partial charge in [-0.05, 0) is 104 Å². The molecule has 4 heteroatoms. The van der Waals surface area contributed by atoms with Crippen molar-refractivity contribution in [1.29, 1.82) is 5.26 Å². The molecule has 2 aliphatic rings. The molecular formula is C38H40N2O2. The number of hydrogen-bond donors (Lipinski definition) is 0. The highest BCUT2D eigenvalue weighted by Crippen LogP contribution is 2.41. The molecule has 0 bridgehead atoms. The average Bonchev–Trinajstić information content (AvgIpc) is 3.52. The van der Waals surface area contributed by atoms with Gasteiger partial charge in [-0.25, -0.2) is 0 Å². The van der Waals surface area contributed by atoms with Crippen molar-refractivity contribution < 1.29 is 9.47 Å². The van der Waals surface area contributed by atoms with Gasteiger partial charge in [0.25, 0.3) is 0 Å². The highest BCUT2D eigenvalue weighted by atomic mass is 16.5. The molecule has 4 aromatic rings. The van der Waals surface area contributed by atoms with Crippen LogP contribution < -0.4 is 9.47 Å². The van der Waals surface area contributed by atoms with E-state index in [1.165, 1.54) is 58.2 Å². The number of benzene rings is 4. The molecule has 0 radical (unpaired) electrons. The summed E-state index contributed by atoms with van der Waals surface area (Å²) in [5.41, 5.74) is 10.7. The Morgan fingerprint density at radius 1 is 0.833 bits per heavy atom. The van der Waals surface area contributed by atoms with E-state index in [9.17, 15) is 5.26 Å². The minimum absolute atomic E-state index is 0.425. The van der Waals surface area contributed by atoms with Crippen LogP contribution in [0.3, 0.4) is 0 Å². The van der Waals surface area contributed by atoms with Gasteiger partial charge in [0.05, 0.1) is 11.6 Å². The van der Waals surface area contributed by atoms with Crippen molar-refractivity contribution in [2.24, 2.45) is 0 Å². The van der Waals surface area contributed by atoms with Gasteiger partial charge in [0.15, 0.2) is 0 Å². The maximum absolute atomic E-state index is 9.38. The third-order valence-corrected chi connectivity index (χ3v) is 9.11. The molecule has 1 heterocycles. The summed E-state index contributed by atoms with van der Waals surface area (Å²) in [5.74, 6) is 1.86. The lowest BCUT2D eigenvalue weighted by Crippen LogP contribution is -2.37. The zero-order valence-electron chi connectivity index (χ0n) is 24.9. The summed E-state index contributed by atoms with van der Waals surface area (Å²) < 4.78 is 13.3. The van der Waals surface area contributed by atoms with Crippen LogP contribution in [-0.4, -0.2) is 17.5 Å². The van der Waals surface area contributed by atoms with Gasteiger partial charge in [-0.1, -0.05) is 67.1 Å². The van der Waals surface area contributed by atoms with E-state index < -0.39 is 0 Å². The Bertz CT molecular complexity index is 1590. The van der Waals surface area contributed by atoms with E-state index in [4.69, 9.17) is 9.47 Å². The lowest BCUT2D eigenvalue weighted by atomic mass is 9.96. The number of fused-ring (bicyclic) bond motifs is 1. The second-order valence-electron chi connectivity index (χ2n) is 11.8. The maximum atomic E-state index is 9.38. The van der Waals surface area contributed by atoms with Crippen molar-refractivity contribution in [3.05, 3.63) is 118 Å². The van der Waals surface area contributed by atoms with E-state index in [1.807, 2.05) is 24.3 Å². The molecule has 214 valence electrons. The van der Waals surface area contributed by atoms with Crippen LogP contribution in [0.15, 0.2) is 78.9 Å². The second kappa shape index (κ2) is 12.8. The molecule has 0 saturated carbocycles. The molecule has 1 aliphatic carbocycles. The molecule has 42 heavy (non-hydrogen) atoms. The first-order chi connectivity index (χ1) is 20.6. The molecule has 4 nitrogen and oxygen atoms in total. The van der Waals surface area contributed by atoms with Crippen molar-refractivity contribution in [1.82, 2.24) is 4.90 Å². The summed E-state index contributed by atoms with van der Waals surface area (Å²) in [6.07, 6.45) is 7.07. The number of nitrogens with zero attached hydrogens (tertiary/aromatic N) is 2. The minimum Gasteiger partial charge on any atom is -0.488 e. The number of hydrogen-bond acceptors (Lipinski definition) is 4. The third kappa shape index (κ3) is 6.08. The van der Waals surface area contributed by atoms with Crippen molar-refractivity contribution in [2.75, 3.05) is 6.54 Å². The first kappa shape index (κ1) is 28.1. The minimum atomic E-state index is 0.425. The topological polar surface area (TPSA) is 45.5 Å². The number of piperidine rings is 1. The van der Waals surface area contributed by atoms with Gasteiger partial charge in [-0.2, -0.15) is 5.26 Å². The number of likely N-dealkylation sites (tertiary alicyclic amines) is 1. The molecule has 0 N–H and O–H groups in total. The molecule has 6 rings (SSSR count). The van der Waals surface area contributed by atoms with Gasteiger partial charge in [0, 0.05) is 24.2 Å². The first-order valence-electron chi connectivity index (χ1n) is 15.4. The maximum Gasteiger partial charge on any atom is 0.128 e. The van der Waals surface area contributed by atoms with Crippen LogP contribution in [0.1, 0.15) is 71.6 Å². The monoisotopic (exact) mass is 556 g/mol. The summed E-state index contributed by atoms with van der Waals surface area (Å²) in [4.78, 5) is 2.62. The molecule has 1 aliphatic heterocycles. The summed E-state index contributed by atoms with van der Waals surface area (Å²) >= 11 is 0.